The SMILES string of the molecule is COc1cc(C2CCNCC2)ncc1Cn1nc(C)c2nc(N)nc(N)c21. The Kier molecular flexibility index (Phi) is 4.53. The Labute approximate surface area is 157 Å². The number of hydrogen-bond acceptors (Lipinski definition) is 8. The average molecular weight is 368 g/mol. The van der Waals surface area contributed by atoms with Crippen LogP contribution in [-0.4, -0.2) is 44.9 Å². The van der Waals surface area contributed by atoms with Crippen molar-refractivity contribution in [3.63, 3.8) is 0 Å². The summed E-state index contributed by atoms with van der Waals surface area (Å²) in [6, 6.07) is 2.04. The standard InChI is InChI=1S/C18H24N8O/c1-10-15-16(17(19)24-18(20)23-15)26(25-10)9-12-8-22-13(7-14(12)27-2)11-3-5-21-6-4-11/h7-8,11,21H,3-6,9H2,1-2H3,(H4,19,20,23,24). The van der Waals surface area contributed by atoms with Crippen molar-refractivity contribution in [1.82, 2.24) is 30.0 Å². The number of nitrogens with one attached hydrogen (secondary N) is 1. The summed E-state index contributed by atoms with van der Waals surface area (Å²) in [5.74, 6) is 1.73. The average Bonchev–Trinajstić information content (AvgIpc) is 2.98. The van der Waals surface area contributed by atoms with Crippen LogP contribution in [0.5, 0.6) is 5.75 Å². The molecule has 0 radical (unpaired) electrons. The molecule has 0 saturated carbocycles. The normalized spacial score (nSPS) is 15.3. The number of nitrogen functional groups attached to an aromatic ring is 2. The molecule has 1 aliphatic heterocycles. The Bertz CT molecular complexity index is 977. The third-order valence-corrected chi connectivity index (χ3v) is 5.06. The predicted octanol–water partition coefficient (Wildman–Crippen LogP) is 1.22. The third-order valence-electron chi connectivity index (χ3n) is 5.06. The molecule has 3 aromatic rings. The van der Waals surface area contributed by atoms with E-state index in [9.17, 15) is 0 Å². The first-order valence-electron chi connectivity index (χ1n) is 9.06. The molecule has 0 unspecified atom stereocenters. The summed E-state index contributed by atoms with van der Waals surface area (Å²) in [4.78, 5) is 13.0. The smallest absolute Gasteiger partial charge is 0.222 e. The molecule has 0 aliphatic carbocycles. The molecule has 4 heterocycles. The lowest BCUT2D eigenvalue weighted by Crippen LogP contribution is -2.27. The number of ether oxygens (including phenoxy) is 1. The van der Waals surface area contributed by atoms with Crippen LogP contribution < -0.4 is 21.5 Å². The van der Waals surface area contributed by atoms with E-state index in [0.717, 1.165) is 48.6 Å². The van der Waals surface area contributed by atoms with E-state index < -0.39 is 0 Å². The molecular formula is C18H24N8O. The van der Waals surface area contributed by atoms with E-state index in [2.05, 4.69) is 20.4 Å². The zero-order valence-electron chi connectivity index (χ0n) is 15.6. The van der Waals surface area contributed by atoms with Gasteiger partial charge >= 0.3 is 0 Å². The van der Waals surface area contributed by atoms with Crippen molar-refractivity contribution in [2.45, 2.75) is 32.2 Å². The van der Waals surface area contributed by atoms with Crippen LogP contribution in [0.1, 0.15) is 35.7 Å². The zero-order chi connectivity index (χ0) is 19.0. The Morgan fingerprint density at radius 3 is 2.78 bits per heavy atom. The van der Waals surface area contributed by atoms with E-state index in [1.54, 1.807) is 11.8 Å². The molecule has 1 saturated heterocycles. The third kappa shape index (κ3) is 3.25. The van der Waals surface area contributed by atoms with Gasteiger partial charge in [-0.15, -0.1) is 0 Å². The molecule has 0 aromatic carbocycles. The minimum Gasteiger partial charge on any atom is -0.496 e. The Hall–Kier alpha value is -2.94. The maximum absolute atomic E-state index is 6.07. The highest BCUT2D eigenvalue weighted by Gasteiger charge is 2.20. The quantitative estimate of drug-likeness (QED) is 0.627. The van der Waals surface area contributed by atoms with Gasteiger partial charge in [-0.25, -0.2) is 4.98 Å². The molecule has 142 valence electrons. The van der Waals surface area contributed by atoms with Gasteiger partial charge < -0.3 is 21.5 Å². The molecule has 27 heavy (non-hydrogen) atoms. The zero-order valence-corrected chi connectivity index (χ0v) is 15.6. The van der Waals surface area contributed by atoms with Crippen LogP contribution >= 0.6 is 0 Å². The number of aryl methyl sites for hydroxylation is 1. The van der Waals surface area contributed by atoms with Gasteiger partial charge in [0.1, 0.15) is 16.8 Å². The maximum atomic E-state index is 6.07. The van der Waals surface area contributed by atoms with E-state index in [0.29, 0.717) is 29.3 Å². The molecule has 3 aromatic heterocycles. The number of rotatable bonds is 4. The van der Waals surface area contributed by atoms with Gasteiger partial charge in [-0.2, -0.15) is 10.1 Å². The van der Waals surface area contributed by atoms with Crippen LogP contribution in [0.4, 0.5) is 11.8 Å². The summed E-state index contributed by atoms with van der Waals surface area (Å²) in [5, 5.41) is 7.94. The minimum absolute atomic E-state index is 0.147. The first-order valence-corrected chi connectivity index (χ1v) is 9.06. The predicted molar refractivity (Wildman–Crippen MR) is 104 cm³/mol. The highest BCUT2D eigenvalue weighted by molar-refractivity contribution is 5.87. The van der Waals surface area contributed by atoms with Crippen molar-refractivity contribution in [1.29, 1.82) is 0 Å². The maximum Gasteiger partial charge on any atom is 0.222 e. The minimum atomic E-state index is 0.147. The lowest BCUT2D eigenvalue weighted by atomic mass is 9.93. The van der Waals surface area contributed by atoms with E-state index in [-0.39, 0.29) is 5.95 Å². The second kappa shape index (κ2) is 6.99. The fraction of sp³-hybridized carbons (Fsp3) is 0.444. The van der Waals surface area contributed by atoms with Gasteiger partial charge in [0, 0.05) is 29.4 Å². The van der Waals surface area contributed by atoms with E-state index >= 15 is 0 Å². The first kappa shape index (κ1) is 17.5. The highest BCUT2D eigenvalue weighted by Crippen LogP contribution is 2.29. The van der Waals surface area contributed by atoms with Crippen LogP contribution in [0.3, 0.4) is 0 Å². The number of methoxy groups -OCH3 is 1. The van der Waals surface area contributed by atoms with Gasteiger partial charge in [0.05, 0.1) is 19.3 Å². The molecule has 1 fully saturated rings. The lowest BCUT2D eigenvalue weighted by Gasteiger charge is -2.23. The van der Waals surface area contributed by atoms with Gasteiger partial charge in [0.2, 0.25) is 5.95 Å². The summed E-state index contributed by atoms with van der Waals surface area (Å²) in [6.45, 7) is 4.39. The van der Waals surface area contributed by atoms with Crippen molar-refractivity contribution in [2.24, 2.45) is 0 Å². The van der Waals surface area contributed by atoms with Gasteiger partial charge in [0.15, 0.2) is 5.82 Å². The number of pyridine rings is 1. The van der Waals surface area contributed by atoms with Gasteiger partial charge in [0.25, 0.3) is 0 Å². The summed E-state index contributed by atoms with van der Waals surface area (Å²) in [6.07, 6.45) is 4.05. The number of nitrogens with zero attached hydrogens (tertiary/aromatic N) is 5. The summed E-state index contributed by atoms with van der Waals surface area (Å²) in [5.41, 5.74) is 15.9. The van der Waals surface area contributed by atoms with Crippen molar-refractivity contribution >= 4 is 22.8 Å². The van der Waals surface area contributed by atoms with Gasteiger partial charge in [-0.3, -0.25) is 9.67 Å². The molecule has 9 nitrogen and oxygen atoms in total. The van der Waals surface area contributed by atoms with Gasteiger partial charge in [-0.1, -0.05) is 0 Å². The van der Waals surface area contributed by atoms with E-state index in [1.165, 1.54) is 0 Å². The van der Waals surface area contributed by atoms with Crippen LogP contribution in [0, 0.1) is 6.92 Å². The Morgan fingerprint density at radius 2 is 2.04 bits per heavy atom. The van der Waals surface area contributed by atoms with Crippen molar-refractivity contribution in [3.8, 4) is 5.75 Å². The monoisotopic (exact) mass is 368 g/mol. The van der Waals surface area contributed by atoms with Crippen LogP contribution in [0.2, 0.25) is 0 Å². The number of aromatic nitrogens is 5. The van der Waals surface area contributed by atoms with E-state index in [4.69, 9.17) is 21.2 Å². The van der Waals surface area contributed by atoms with Crippen molar-refractivity contribution in [2.75, 3.05) is 31.7 Å². The molecule has 1 aliphatic rings. The number of fused-ring (bicyclic) bond motifs is 1. The van der Waals surface area contributed by atoms with Crippen molar-refractivity contribution < 1.29 is 4.74 Å². The molecular weight excluding hydrogens is 344 g/mol. The summed E-state index contributed by atoms with van der Waals surface area (Å²) in [7, 11) is 1.68. The Balaban J connectivity index is 1.69. The highest BCUT2D eigenvalue weighted by atomic mass is 16.5. The molecule has 0 spiro atoms. The van der Waals surface area contributed by atoms with Gasteiger partial charge in [-0.05, 0) is 32.9 Å². The fourth-order valence-corrected chi connectivity index (χ4v) is 3.68. The summed E-state index contributed by atoms with van der Waals surface area (Å²) >= 11 is 0. The van der Waals surface area contributed by atoms with Crippen molar-refractivity contribution in [3.05, 3.63) is 29.2 Å². The number of anilines is 2. The molecule has 5 N–H and O–H groups in total. The van der Waals surface area contributed by atoms with Crippen LogP contribution in [-0.2, 0) is 6.54 Å². The first-order chi connectivity index (χ1) is 13.1. The van der Waals surface area contributed by atoms with Crippen LogP contribution in [0.15, 0.2) is 12.3 Å². The number of hydrogen-bond donors (Lipinski definition) is 3. The molecule has 0 atom stereocenters. The Morgan fingerprint density at radius 1 is 1.26 bits per heavy atom. The number of piperidine rings is 1. The molecule has 9 heteroatoms. The van der Waals surface area contributed by atoms with Crippen LogP contribution in [0.25, 0.3) is 11.0 Å². The fourth-order valence-electron chi connectivity index (χ4n) is 3.68. The second-order valence-electron chi connectivity index (χ2n) is 6.85. The van der Waals surface area contributed by atoms with E-state index in [1.807, 2.05) is 19.2 Å². The number of nitrogens with two attached hydrogens (primary N) is 2. The summed E-state index contributed by atoms with van der Waals surface area (Å²) < 4.78 is 7.42. The lowest BCUT2D eigenvalue weighted by molar-refractivity contribution is 0.402. The molecule has 4 rings (SSSR count). The molecule has 0 bridgehead atoms. The largest absolute Gasteiger partial charge is 0.496 e. The second-order valence-corrected chi connectivity index (χ2v) is 6.85. The topological polar surface area (TPSA) is 130 Å². The molecule has 0 amide bonds.